The molecule has 0 saturated heterocycles. The van der Waals surface area contributed by atoms with Gasteiger partial charge in [0.05, 0.1) is 13.2 Å². The summed E-state index contributed by atoms with van der Waals surface area (Å²) < 4.78 is 4.74. The quantitative estimate of drug-likeness (QED) is 0.542. The van der Waals surface area contributed by atoms with Gasteiger partial charge >= 0.3 is 5.97 Å². The zero-order chi connectivity index (χ0) is 14.3. The highest BCUT2D eigenvalue weighted by atomic mass is 16.5. The Bertz CT molecular complexity index is 303. The molecule has 0 fully saturated rings. The summed E-state index contributed by atoms with van der Waals surface area (Å²) in [5.41, 5.74) is 0.880. The van der Waals surface area contributed by atoms with Crippen LogP contribution < -0.4 is 0 Å². The maximum atomic E-state index is 11.7. The first kappa shape index (κ1) is 17.1. The second-order valence-electron chi connectivity index (χ2n) is 4.83. The van der Waals surface area contributed by atoms with Crippen molar-refractivity contribution in [3.05, 3.63) is 11.1 Å². The number of aliphatic hydroxyl groups excluding tert-OH is 2. The topological polar surface area (TPSA) is 66.8 Å². The average Bonchev–Trinajstić information content (AvgIpc) is 2.37. The maximum Gasteiger partial charge on any atom is 0.333 e. The molecule has 4 heteroatoms. The van der Waals surface area contributed by atoms with Gasteiger partial charge in [-0.25, -0.2) is 4.79 Å². The molecule has 2 N–H and O–H groups in total. The number of methoxy groups -OCH3 is 1. The second-order valence-corrected chi connectivity index (χ2v) is 4.83. The van der Waals surface area contributed by atoms with E-state index >= 15 is 0 Å². The fourth-order valence-electron chi connectivity index (χ4n) is 2.27. The number of carbonyl (C=O) groups is 1. The maximum absolute atomic E-state index is 11.7. The first-order valence-corrected chi connectivity index (χ1v) is 6.46. The highest BCUT2D eigenvalue weighted by Gasteiger charge is 2.33. The molecule has 0 aromatic rings. The monoisotopic (exact) mass is 258 g/mol. The van der Waals surface area contributed by atoms with Crippen LogP contribution in [0.3, 0.4) is 0 Å². The zero-order valence-electron chi connectivity index (χ0n) is 12.1. The van der Waals surface area contributed by atoms with Crippen molar-refractivity contribution in [1.82, 2.24) is 0 Å². The van der Waals surface area contributed by atoms with Gasteiger partial charge < -0.3 is 14.9 Å². The Morgan fingerprint density at radius 3 is 2.17 bits per heavy atom. The minimum atomic E-state index is -0.806. The smallest absolute Gasteiger partial charge is 0.333 e. The number of aliphatic hydroxyl groups is 2. The lowest BCUT2D eigenvalue weighted by atomic mass is 9.72. The number of hydrogen-bond acceptors (Lipinski definition) is 4. The molecule has 1 atom stereocenters. The van der Waals surface area contributed by atoms with Crippen LogP contribution in [0.25, 0.3) is 0 Å². The van der Waals surface area contributed by atoms with E-state index in [1.54, 1.807) is 6.92 Å². The van der Waals surface area contributed by atoms with Gasteiger partial charge in [0.25, 0.3) is 0 Å². The Hall–Kier alpha value is -0.870. The fourth-order valence-corrected chi connectivity index (χ4v) is 2.27. The molecule has 0 bridgehead atoms. The Labute approximate surface area is 110 Å². The van der Waals surface area contributed by atoms with E-state index in [9.17, 15) is 9.90 Å². The van der Waals surface area contributed by atoms with Crippen LogP contribution in [0.15, 0.2) is 11.1 Å². The molecule has 0 aliphatic heterocycles. The molecule has 0 aliphatic carbocycles. The number of esters is 1. The van der Waals surface area contributed by atoms with E-state index < -0.39 is 12.1 Å². The van der Waals surface area contributed by atoms with Crippen molar-refractivity contribution in [2.75, 3.05) is 13.7 Å². The van der Waals surface area contributed by atoms with Gasteiger partial charge in [-0.3, -0.25) is 0 Å². The van der Waals surface area contributed by atoms with E-state index in [-0.39, 0.29) is 18.4 Å². The normalized spacial score (nSPS) is 15.1. The molecule has 106 valence electrons. The Morgan fingerprint density at radius 1 is 1.33 bits per heavy atom. The molecule has 0 aromatic heterocycles. The van der Waals surface area contributed by atoms with Gasteiger partial charge in [0.15, 0.2) is 0 Å². The first-order valence-electron chi connectivity index (χ1n) is 6.46. The summed E-state index contributed by atoms with van der Waals surface area (Å²) in [5.74, 6) is -0.421. The highest BCUT2D eigenvalue weighted by Crippen LogP contribution is 2.39. The predicted molar refractivity (Wildman–Crippen MR) is 71.1 cm³/mol. The highest BCUT2D eigenvalue weighted by molar-refractivity contribution is 5.89. The molecule has 18 heavy (non-hydrogen) atoms. The van der Waals surface area contributed by atoms with Gasteiger partial charge in [-0.2, -0.15) is 0 Å². The third-order valence-corrected chi connectivity index (χ3v) is 3.84. The summed E-state index contributed by atoms with van der Waals surface area (Å²) in [6.07, 6.45) is 1.06. The molecule has 1 unspecified atom stereocenters. The van der Waals surface area contributed by atoms with Crippen molar-refractivity contribution in [2.24, 2.45) is 5.41 Å². The molecule has 0 heterocycles. The van der Waals surface area contributed by atoms with E-state index in [1.807, 2.05) is 20.8 Å². The van der Waals surface area contributed by atoms with E-state index in [1.165, 1.54) is 7.11 Å². The lowest BCUT2D eigenvalue weighted by Crippen LogP contribution is -2.30. The average molecular weight is 258 g/mol. The summed E-state index contributed by atoms with van der Waals surface area (Å²) in [5, 5.41) is 19.2. The van der Waals surface area contributed by atoms with E-state index in [0.717, 1.165) is 12.8 Å². The minimum Gasteiger partial charge on any atom is -0.466 e. The van der Waals surface area contributed by atoms with Gasteiger partial charge in [0.2, 0.25) is 0 Å². The van der Waals surface area contributed by atoms with Crippen molar-refractivity contribution in [3.8, 4) is 0 Å². The number of hydrogen-bond donors (Lipinski definition) is 2. The van der Waals surface area contributed by atoms with Crippen LogP contribution in [0, 0.1) is 5.41 Å². The molecule has 0 amide bonds. The number of rotatable bonds is 7. The molecule has 0 saturated carbocycles. The number of carbonyl (C=O) groups excluding carboxylic acids is 1. The van der Waals surface area contributed by atoms with Gasteiger partial charge in [0.1, 0.15) is 0 Å². The molecule has 0 radical (unpaired) electrons. The van der Waals surface area contributed by atoms with Gasteiger partial charge in [-0.05, 0) is 30.8 Å². The van der Waals surface area contributed by atoms with E-state index in [0.29, 0.717) is 11.1 Å². The van der Waals surface area contributed by atoms with Crippen molar-refractivity contribution in [3.63, 3.8) is 0 Å². The van der Waals surface area contributed by atoms with Crippen LogP contribution in [-0.4, -0.2) is 36.0 Å². The van der Waals surface area contributed by atoms with Crippen LogP contribution >= 0.6 is 0 Å². The second kappa shape index (κ2) is 7.54. The third kappa shape index (κ3) is 3.82. The lowest BCUT2D eigenvalue weighted by Gasteiger charge is -2.34. The zero-order valence-corrected chi connectivity index (χ0v) is 12.1. The first-order chi connectivity index (χ1) is 8.37. The molecule has 0 rings (SSSR count). The molecular formula is C14H26O4. The van der Waals surface area contributed by atoms with Crippen molar-refractivity contribution >= 4 is 5.97 Å². The number of ether oxygens (including phenoxy) is 1. The van der Waals surface area contributed by atoms with Crippen LogP contribution in [0.2, 0.25) is 0 Å². The van der Waals surface area contributed by atoms with Crippen molar-refractivity contribution in [2.45, 2.75) is 53.1 Å². The summed E-state index contributed by atoms with van der Waals surface area (Å²) >= 11 is 0. The molecule has 0 aromatic carbocycles. The van der Waals surface area contributed by atoms with Crippen LogP contribution in [0.1, 0.15) is 47.0 Å². The van der Waals surface area contributed by atoms with Gasteiger partial charge in [0, 0.05) is 18.6 Å². The molecular weight excluding hydrogens is 232 g/mol. The summed E-state index contributed by atoms with van der Waals surface area (Å²) in [7, 11) is 1.33. The SMILES string of the molecule is CCC(C)(CC)C(=C(C)C(=O)OC)C(O)CCO. The van der Waals surface area contributed by atoms with Crippen LogP contribution in [0.5, 0.6) is 0 Å². The van der Waals surface area contributed by atoms with Gasteiger partial charge in [-0.1, -0.05) is 20.8 Å². The molecule has 0 spiro atoms. The van der Waals surface area contributed by atoms with E-state index in [2.05, 4.69) is 0 Å². The minimum absolute atomic E-state index is 0.109. The van der Waals surface area contributed by atoms with Crippen molar-refractivity contribution < 1.29 is 19.7 Å². The lowest BCUT2D eigenvalue weighted by molar-refractivity contribution is -0.136. The van der Waals surface area contributed by atoms with Crippen LogP contribution in [0.4, 0.5) is 0 Å². The van der Waals surface area contributed by atoms with Gasteiger partial charge in [-0.15, -0.1) is 0 Å². The van der Waals surface area contributed by atoms with Crippen molar-refractivity contribution in [1.29, 1.82) is 0 Å². The fraction of sp³-hybridized carbons (Fsp3) is 0.786. The summed E-state index contributed by atoms with van der Waals surface area (Å²) in [4.78, 5) is 11.7. The Morgan fingerprint density at radius 2 is 1.83 bits per heavy atom. The molecule has 4 nitrogen and oxygen atoms in total. The third-order valence-electron chi connectivity index (χ3n) is 3.84. The van der Waals surface area contributed by atoms with E-state index in [4.69, 9.17) is 9.84 Å². The predicted octanol–water partition coefficient (Wildman–Crippen LogP) is 2.05. The summed E-state index contributed by atoms with van der Waals surface area (Å²) in [6.45, 7) is 7.64. The standard InChI is InChI=1S/C14H26O4/c1-6-14(4,7-2)12(11(16)8-9-15)10(3)13(17)18-5/h11,15-16H,6-9H2,1-5H3. The Balaban J connectivity index is 5.63. The summed E-state index contributed by atoms with van der Waals surface area (Å²) in [6, 6.07) is 0. The van der Waals surface area contributed by atoms with Crippen LogP contribution in [-0.2, 0) is 9.53 Å². The Kier molecular flexibility index (Phi) is 7.18. The largest absolute Gasteiger partial charge is 0.466 e. The molecule has 0 aliphatic rings.